The van der Waals surface area contributed by atoms with Crippen LogP contribution in [-0.4, -0.2) is 36.0 Å². The quantitative estimate of drug-likeness (QED) is 0.696. The summed E-state index contributed by atoms with van der Waals surface area (Å²) in [5.74, 6) is 0.337. The maximum absolute atomic E-state index is 11.3. The zero-order chi connectivity index (χ0) is 9.26. The minimum Gasteiger partial charge on any atom is -0.341 e. The molecule has 1 aliphatic heterocycles. The van der Waals surface area contributed by atoms with Crippen LogP contribution in [0.5, 0.6) is 0 Å². The molecule has 1 saturated heterocycles. The second kappa shape index (κ2) is 3.66. The lowest BCUT2D eigenvalue weighted by molar-refractivity contribution is -0.127. The molecule has 74 valence electrons. The summed E-state index contributed by atoms with van der Waals surface area (Å²) in [5.41, 5.74) is 0. The number of amides is 1. The number of carbonyl (C=O) groups is 1. The van der Waals surface area contributed by atoms with E-state index in [0.29, 0.717) is 11.9 Å². The molecule has 2 aliphatic rings. The van der Waals surface area contributed by atoms with Crippen LogP contribution in [0, 0.1) is 0 Å². The van der Waals surface area contributed by atoms with Crippen LogP contribution in [0.1, 0.15) is 32.6 Å². The second-order valence-corrected chi connectivity index (χ2v) is 4.29. The van der Waals surface area contributed by atoms with Gasteiger partial charge in [-0.15, -0.1) is 0 Å². The Balaban J connectivity index is 1.72. The van der Waals surface area contributed by atoms with Crippen LogP contribution in [-0.2, 0) is 4.79 Å². The van der Waals surface area contributed by atoms with Gasteiger partial charge in [0.25, 0.3) is 0 Å². The van der Waals surface area contributed by atoms with Gasteiger partial charge in [0.2, 0.25) is 5.91 Å². The van der Waals surface area contributed by atoms with E-state index in [2.05, 4.69) is 12.2 Å². The molecule has 0 spiro atoms. The molecule has 1 saturated carbocycles. The Kier molecular flexibility index (Phi) is 2.54. The molecule has 0 aromatic rings. The first-order valence-electron chi connectivity index (χ1n) is 5.29. The van der Waals surface area contributed by atoms with Crippen molar-refractivity contribution in [1.82, 2.24) is 10.2 Å². The van der Waals surface area contributed by atoms with E-state index >= 15 is 0 Å². The molecule has 0 aromatic heterocycles. The summed E-state index contributed by atoms with van der Waals surface area (Å²) in [4.78, 5) is 13.3. The van der Waals surface area contributed by atoms with Crippen molar-refractivity contribution >= 4 is 5.91 Å². The lowest BCUT2D eigenvalue weighted by Crippen LogP contribution is -2.40. The molecule has 1 heterocycles. The molecular weight excluding hydrogens is 164 g/mol. The molecule has 3 heteroatoms. The first kappa shape index (κ1) is 9.00. The molecule has 3 nitrogen and oxygen atoms in total. The van der Waals surface area contributed by atoms with E-state index in [9.17, 15) is 4.79 Å². The Morgan fingerprint density at radius 1 is 1.62 bits per heavy atom. The maximum Gasteiger partial charge on any atom is 0.222 e. The Labute approximate surface area is 79.5 Å². The molecule has 2 rings (SSSR count). The van der Waals surface area contributed by atoms with E-state index in [-0.39, 0.29) is 0 Å². The largest absolute Gasteiger partial charge is 0.341 e. The van der Waals surface area contributed by atoms with E-state index < -0.39 is 0 Å². The molecular formula is C10H18N2O. The average molecular weight is 182 g/mol. The summed E-state index contributed by atoms with van der Waals surface area (Å²) in [6.07, 6.45) is 4.45. The third-order valence-corrected chi connectivity index (χ3v) is 2.76. The third-order valence-electron chi connectivity index (χ3n) is 2.76. The van der Waals surface area contributed by atoms with Crippen molar-refractivity contribution in [3.63, 3.8) is 0 Å². The van der Waals surface area contributed by atoms with Crippen molar-refractivity contribution in [3.05, 3.63) is 0 Å². The zero-order valence-electron chi connectivity index (χ0n) is 8.25. The predicted molar refractivity (Wildman–Crippen MR) is 51.4 cm³/mol. The Hall–Kier alpha value is -0.570. The van der Waals surface area contributed by atoms with Crippen LogP contribution in [0.15, 0.2) is 0 Å². The molecule has 2 fully saturated rings. The van der Waals surface area contributed by atoms with Gasteiger partial charge in [-0.2, -0.15) is 0 Å². The number of carbonyl (C=O) groups excluding carboxylic acids is 1. The van der Waals surface area contributed by atoms with Gasteiger partial charge in [0.15, 0.2) is 0 Å². The van der Waals surface area contributed by atoms with Gasteiger partial charge < -0.3 is 10.2 Å². The van der Waals surface area contributed by atoms with Crippen LogP contribution in [0.4, 0.5) is 0 Å². The van der Waals surface area contributed by atoms with Crippen LogP contribution in [0.3, 0.4) is 0 Å². The molecule has 1 N–H and O–H groups in total. The summed E-state index contributed by atoms with van der Waals surface area (Å²) in [5, 5.41) is 3.51. The third kappa shape index (κ3) is 2.44. The fourth-order valence-electron chi connectivity index (χ4n) is 1.93. The molecule has 1 atom stereocenters. The van der Waals surface area contributed by atoms with Gasteiger partial charge in [-0.1, -0.05) is 0 Å². The lowest BCUT2D eigenvalue weighted by Gasteiger charge is -2.21. The summed E-state index contributed by atoms with van der Waals surface area (Å²) < 4.78 is 0. The van der Waals surface area contributed by atoms with E-state index in [0.717, 1.165) is 32.0 Å². The number of likely N-dealkylation sites (tertiary alicyclic amines) is 1. The van der Waals surface area contributed by atoms with Crippen molar-refractivity contribution < 1.29 is 4.79 Å². The fraction of sp³-hybridized carbons (Fsp3) is 0.900. The molecule has 1 unspecified atom stereocenters. The highest BCUT2D eigenvalue weighted by Crippen LogP contribution is 2.19. The molecule has 0 radical (unpaired) electrons. The Morgan fingerprint density at radius 2 is 2.38 bits per heavy atom. The topological polar surface area (TPSA) is 32.3 Å². The molecule has 1 amide bonds. The van der Waals surface area contributed by atoms with Gasteiger partial charge in [-0.25, -0.2) is 0 Å². The van der Waals surface area contributed by atoms with Crippen LogP contribution in [0.2, 0.25) is 0 Å². The van der Waals surface area contributed by atoms with Crippen LogP contribution < -0.4 is 5.32 Å². The molecule has 0 bridgehead atoms. The van der Waals surface area contributed by atoms with E-state index in [1.807, 2.05) is 4.90 Å². The van der Waals surface area contributed by atoms with Crippen molar-refractivity contribution in [1.29, 1.82) is 0 Å². The number of hydrogen-bond donors (Lipinski definition) is 1. The number of hydrogen-bond acceptors (Lipinski definition) is 2. The normalized spacial score (nSPS) is 25.3. The summed E-state index contributed by atoms with van der Waals surface area (Å²) >= 11 is 0. The highest BCUT2D eigenvalue weighted by atomic mass is 16.2. The maximum atomic E-state index is 11.3. The highest BCUT2D eigenvalue weighted by Gasteiger charge is 2.26. The molecule has 1 aliphatic carbocycles. The van der Waals surface area contributed by atoms with Gasteiger partial charge in [-0.05, 0) is 26.2 Å². The van der Waals surface area contributed by atoms with Crippen molar-refractivity contribution in [2.24, 2.45) is 0 Å². The minimum absolute atomic E-state index is 0.337. The Bertz CT molecular complexity index is 201. The van der Waals surface area contributed by atoms with Crippen LogP contribution in [0.25, 0.3) is 0 Å². The minimum atomic E-state index is 0.337. The lowest BCUT2D eigenvalue weighted by atomic mass is 10.3. The summed E-state index contributed by atoms with van der Waals surface area (Å²) in [7, 11) is 0. The van der Waals surface area contributed by atoms with Gasteiger partial charge in [0.05, 0.1) is 0 Å². The van der Waals surface area contributed by atoms with Crippen molar-refractivity contribution in [2.45, 2.75) is 44.7 Å². The first-order valence-corrected chi connectivity index (χ1v) is 5.29. The van der Waals surface area contributed by atoms with Gasteiger partial charge in [-0.3, -0.25) is 4.79 Å². The monoisotopic (exact) mass is 182 g/mol. The highest BCUT2D eigenvalue weighted by molar-refractivity contribution is 5.78. The second-order valence-electron chi connectivity index (χ2n) is 4.29. The van der Waals surface area contributed by atoms with Gasteiger partial charge in [0.1, 0.15) is 0 Å². The SMILES string of the molecule is CC(CN1CCCC1=O)NC1CC1. The fourth-order valence-corrected chi connectivity index (χ4v) is 1.93. The smallest absolute Gasteiger partial charge is 0.222 e. The summed E-state index contributed by atoms with van der Waals surface area (Å²) in [6.45, 7) is 4.04. The van der Waals surface area contributed by atoms with Gasteiger partial charge in [0, 0.05) is 31.6 Å². The molecule has 0 aromatic carbocycles. The number of rotatable bonds is 4. The Morgan fingerprint density at radius 3 is 2.92 bits per heavy atom. The first-order chi connectivity index (χ1) is 6.25. The predicted octanol–water partition coefficient (Wildman–Crippen LogP) is 0.749. The average Bonchev–Trinajstić information content (AvgIpc) is 2.79. The zero-order valence-corrected chi connectivity index (χ0v) is 8.25. The molecule has 13 heavy (non-hydrogen) atoms. The van der Waals surface area contributed by atoms with E-state index in [1.54, 1.807) is 0 Å². The van der Waals surface area contributed by atoms with Crippen LogP contribution >= 0.6 is 0 Å². The summed E-state index contributed by atoms with van der Waals surface area (Å²) in [6, 6.07) is 1.21. The van der Waals surface area contributed by atoms with E-state index in [4.69, 9.17) is 0 Å². The van der Waals surface area contributed by atoms with E-state index in [1.165, 1.54) is 12.8 Å². The number of nitrogens with zero attached hydrogens (tertiary/aromatic N) is 1. The van der Waals surface area contributed by atoms with Crippen molar-refractivity contribution in [3.8, 4) is 0 Å². The standard InChI is InChI=1S/C10H18N2O/c1-8(11-9-4-5-9)7-12-6-2-3-10(12)13/h8-9,11H,2-7H2,1H3. The van der Waals surface area contributed by atoms with Gasteiger partial charge >= 0.3 is 0 Å². The van der Waals surface area contributed by atoms with Crippen molar-refractivity contribution in [2.75, 3.05) is 13.1 Å². The number of nitrogens with one attached hydrogen (secondary N) is 1.